The molecule has 5 heteroatoms. The van der Waals surface area contributed by atoms with Crippen LogP contribution < -0.4 is 4.74 Å². The Labute approximate surface area is 117 Å². The number of hydrogen-bond acceptors (Lipinski definition) is 4. The van der Waals surface area contributed by atoms with Crippen molar-refractivity contribution in [3.63, 3.8) is 0 Å². The summed E-state index contributed by atoms with van der Waals surface area (Å²) in [6.45, 7) is 5.90. The second-order valence-electron chi connectivity index (χ2n) is 4.34. The maximum atomic E-state index is 5.23. The first-order chi connectivity index (χ1) is 9.11. The van der Waals surface area contributed by atoms with E-state index in [1.165, 1.54) is 0 Å². The first kappa shape index (κ1) is 13.7. The van der Waals surface area contributed by atoms with Crippen LogP contribution >= 0.6 is 11.8 Å². The van der Waals surface area contributed by atoms with Crippen molar-refractivity contribution in [1.82, 2.24) is 14.8 Å². The fourth-order valence-corrected chi connectivity index (χ4v) is 2.40. The molecule has 2 aromatic rings. The standard InChI is InChI=1S/C14H17N3OS/c1-10(2)9-19-14-16-15-13(17(14)3)11-6-5-7-12(8-11)18-4/h5-8H,1,9H2,2-4H3. The van der Waals surface area contributed by atoms with Gasteiger partial charge in [0.25, 0.3) is 0 Å². The van der Waals surface area contributed by atoms with Gasteiger partial charge >= 0.3 is 0 Å². The SMILES string of the molecule is C=C(C)CSc1nnc(-c2cccc(OC)c2)n1C. The van der Waals surface area contributed by atoms with Gasteiger partial charge in [0, 0.05) is 18.4 Å². The van der Waals surface area contributed by atoms with Crippen LogP contribution in [-0.4, -0.2) is 27.6 Å². The third-order valence-corrected chi connectivity index (χ3v) is 3.86. The molecule has 100 valence electrons. The number of hydrogen-bond donors (Lipinski definition) is 0. The van der Waals surface area contributed by atoms with Gasteiger partial charge in [-0.25, -0.2) is 0 Å². The van der Waals surface area contributed by atoms with E-state index in [0.717, 1.165) is 33.6 Å². The Kier molecular flexibility index (Phi) is 4.27. The quantitative estimate of drug-likeness (QED) is 0.621. The highest BCUT2D eigenvalue weighted by molar-refractivity contribution is 7.99. The van der Waals surface area contributed by atoms with E-state index < -0.39 is 0 Å². The van der Waals surface area contributed by atoms with E-state index in [-0.39, 0.29) is 0 Å². The Hall–Kier alpha value is -1.75. The molecule has 0 saturated heterocycles. The van der Waals surface area contributed by atoms with Crippen LogP contribution in [0.25, 0.3) is 11.4 Å². The summed E-state index contributed by atoms with van der Waals surface area (Å²) in [5.41, 5.74) is 2.12. The molecular formula is C14H17N3OS. The van der Waals surface area contributed by atoms with Gasteiger partial charge in [-0.2, -0.15) is 0 Å². The van der Waals surface area contributed by atoms with E-state index >= 15 is 0 Å². The molecule has 0 spiro atoms. The minimum absolute atomic E-state index is 0.816. The van der Waals surface area contributed by atoms with Crippen LogP contribution in [-0.2, 0) is 7.05 Å². The van der Waals surface area contributed by atoms with Gasteiger partial charge in [0.1, 0.15) is 5.75 Å². The number of ether oxygens (including phenoxy) is 1. The van der Waals surface area contributed by atoms with E-state index in [2.05, 4.69) is 16.8 Å². The summed E-state index contributed by atoms with van der Waals surface area (Å²) in [6, 6.07) is 7.82. The summed E-state index contributed by atoms with van der Waals surface area (Å²) in [5, 5.41) is 9.35. The molecular weight excluding hydrogens is 258 g/mol. The number of rotatable bonds is 5. The smallest absolute Gasteiger partial charge is 0.191 e. The van der Waals surface area contributed by atoms with Gasteiger partial charge in [0.15, 0.2) is 11.0 Å². The van der Waals surface area contributed by atoms with Gasteiger partial charge in [0.05, 0.1) is 7.11 Å². The second-order valence-corrected chi connectivity index (χ2v) is 5.29. The third-order valence-electron chi connectivity index (χ3n) is 2.61. The predicted molar refractivity (Wildman–Crippen MR) is 78.5 cm³/mol. The molecule has 0 aliphatic rings. The summed E-state index contributed by atoms with van der Waals surface area (Å²) in [5.74, 6) is 2.50. The zero-order valence-corrected chi connectivity index (χ0v) is 12.2. The Balaban J connectivity index is 2.27. The Bertz CT molecular complexity index is 592. The molecule has 1 heterocycles. The van der Waals surface area contributed by atoms with Crippen LogP contribution in [0.1, 0.15) is 6.92 Å². The lowest BCUT2D eigenvalue weighted by Gasteiger charge is -2.05. The maximum Gasteiger partial charge on any atom is 0.191 e. The maximum absolute atomic E-state index is 5.23. The fourth-order valence-electron chi connectivity index (χ4n) is 1.64. The van der Waals surface area contributed by atoms with Gasteiger partial charge < -0.3 is 9.30 Å². The highest BCUT2D eigenvalue weighted by Crippen LogP contribution is 2.25. The zero-order chi connectivity index (χ0) is 13.8. The number of thioether (sulfide) groups is 1. The summed E-state index contributed by atoms with van der Waals surface area (Å²) in [7, 11) is 3.62. The molecule has 0 aliphatic heterocycles. The number of benzene rings is 1. The highest BCUT2D eigenvalue weighted by Gasteiger charge is 2.11. The Morgan fingerprint density at radius 1 is 1.42 bits per heavy atom. The molecule has 0 bridgehead atoms. The monoisotopic (exact) mass is 275 g/mol. The van der Waals surface area contributed by atoms with E-state index in [0.29, 0.717) is 0 Å². The minimum Gasteiger partial charge on any atom is -0.497 e. The van der Waals surface area contributed by atoms with E-state index in [1.807, 2.05) is 42.8 Å². The average molecular weight is 275 g/mol. The largest absolute Gasteiger partial charge is 0.497 e. The van der Waals surface area contributed by atoms with Crippen molar-refractivity contribution in [1.29, 1.82) is 0 Å². The molecule has 4 nitrogen and oxygen atoms in total. The molecule has 0 atom stereocenters. The van der Waals surface area contributed by atoms with Crippen molar-refractivity contribution in [3.05, 3.63) is 36.4 Å². The van der Waals surface area contributed by atoms with Crippen molar-refractivity contribution < 1.29 is 4.74 Å². The van der Waals surface area contributed by atoms with E-state index in [1.54, 1.807) is 18.9 Å². The summed E-state index contributed by atoms with van der Waals surface area (Å²) in [4.78, 5) is 0. The van der Waals surface area contributed by atoms with Crippen LogP contribution in [0.4, 0.5) is 0 Å². The Morgan fingerprint density at radius 2 is 2.21 bits per heavy atom. The van der Waals surface area contributed by atoms with Crippen LogP contribution in [0, 0.1) is 0 Å². The number of aromatic nitrogens is 3. The molecule has 0 saturated carbocycles. The number of nitrogens with zero attached hydrogens (tertiary/aromatic N) is 3. The lowest BCUT2D eigenvalue weighted by molar-refractivity contribution is 0.415. The first-order valence-electron chi connectivity index (χ1n) is 5.93. The number of methoxy groups -OCH3 is 1. The molecule has 0 aliphatic carbocycles. The molecule has 0 amide bonds. The van der Waals surface area contributed by atoms with Crippen molar-refractivity contribution in [3.8, 4) is 17.1 Å². The van der Waals surface area contributed by atoms with Crippen LogP contribution in [0.3, 0.4) is 0 Å². The first-order valence-corrected chi connectivity index (χ1v) is 6.91. The van der Waals surface area contributed by atoms with Crippen molar-refractivity contribution in [2.24, 2.45) is 7.05 Å². The van der Waals surface area contributed by atoms with Gasteiger partial charge in [0.2, 0.25) is 0 Å². The van der Waals surface area contributed by atoms with Crippen LogP contribution in [0.15, 0.2) is 41.6 Å². The molecule has 0 radical (unpaired) electrons. The van der Waals surface area contributed by atoms with Gasteiger partial charge in [-0.15, -0.1) is 10.2 Å². The molecule has 2 rings (SSSR count). The second kappa shape index (κ2) is 5.93. The fraction of sp³-hybridized carbons (Fsp3) is 0.286. The van der Waals surface area contributed by atoms with E-state index in [9.17, 15) is 0 Å². The van der Waals surface area contributed by atoms with Crippen LogP contribution in [0.2, 0.25) is 0 Å². The van der Waals surface area contributed by atoms with Gasteiger partial charge in [-0.05, 0) is 19.1 Å². The zero-order valence-electron chi connectivity index (χ0n) is 11.4. The van der Waals surface area contributed by atoms with E-state index in [4.69, 9.17) is 4.74 Å². The normalized spacial score (nSPS) is 10.5. The summed E-state index contributed by atoms with van der Waals surface area (Å²) in [6.07, 6.45) is 0. The lowest BCUT2D eigenvalue weighted by Crippen LogP contribution is -1.95. The van der Waals surface area contributed by atoms with Gasteiger partial charge in [-0.3, -0.25) is 0 Å². The summed E-state index contributed by atoms with van der Waals surface area (Å²) < 4.78 is 7.22. The topological polar surface area (TPSA) is 39.9 Å². The highest BCUT2D eigenvalue weighted by atomic mass is 32.2. The van der Waals surface area contributed by atoms with Crippen molar-refractivity contribution in [2.75, 3.05) is 12.9 Å². The average Bonchev–Trinajstić information content (AvgIpc) is 2.78. The molecule has 1 aromatic heterocycles. The molecule has 0 fully saturated rings. The Morgan fingerprint density at radius 3 is 2.89 bits per heavy atom. The molecule has 0 N–H and O–H groups in total. The molecule has 0 unspecified atom stereocenters. The minimum atomic E-state index is 0.816. The molecule has 1 aromatic carbocycles. The van der Waals surface area contributed by atoms with Crippen LogP contribution in [0.5, 0.6) is 5.75 Å². The van der Waals surface area contributed by atoms with Gasteiger partial charge in [-0.1, -0.05) is 36.0 Å². The summed E-state index contributed by atoms with van der Waals surface area (Å²) >= 11 is 1.64. The van der Waals surface area contributed by atoms with Crippen molar-refractivity contribution >= 4 is 11.8 Å². The lowest BCUT2D eigenvalue weighted by atomic mass is 10.2. The molecule has 19 heavy (non-hydrogen) atoms. The van der Waals surface area contributed by atoms with Crippen molar-refractivity contribution in [2.45, 2.75) is 12.1 Å². The third kappa shape index (κ3) is 3.17. The predicted octanol–water partition coefficient (Wildman–Crippen LogP) is 3.16.